The number of ether oxygens (including phenoxy) is 1. The number of carbonyl (C=O) groups excluding carboxylic acids is 6. The highest BCUT2D eigenvalue weighted by Crippen LogP contribution is 2.21. The van der Waals surface area contributed by atoms with Gasteiger partial charge in [0.2, 0.25) is 35.4 Å². The molecule has 0 bridgehead atoms. The topological polar surface area (TPSA) is 197 Å². The number of carbonyl (C=O) groups is 6. The van der Waals surface area contributed by atoms with Crippen LogP contribution in [-0.4, -0.2) is 118 Å². The molecule has 3 heterocycles. The van der Waals surface area contributed by atoms with Crippen molar-refractivity contribution < 1.29 is 33.5 Å². The Morgan fingerprint density at radius 2 is 1.60 bits per heavy atom. The lowest BCUT2D eigenvalue weighted by Gasteiger charge is -2.34. The van der Waals surface area contributed by atoms with Crippen LogP contribution in [0, 0.1) is 11.8 Å². The largest absolute Gasteiger partial charge is 0.372 e. The van der Waals surface area contributed by atoms with Crippen molar-refractivity contribution in [3.8, 4) is 11.4 Å². The molecule has 16 nitrogen and oxygen atoms in total. The molecule has 52 heavy (non-hydrogen) atoms. The summed E-state index contributed by atoms with van der Waals surface area (Å²) in [5.41, 5.74) is 0.740. The zero-order valence-corrected chi connectivity index (χ0v) is 30.9. The number of fused-ring (bicyclic) bond motifs is 1. The summed E-state index contributed by atoms with van der Waals surface area (Å²) >= 11 is 0. The number of piperidine rings is 1. The lowest BCUT2D eigenvalue weighted by molar-refractivity contribution is -0.144. The molecule has 1 aromatic heterocycles. The first kappa shape index (κ1) is 39.9. The Hall–Kier alpha value is -4.86. The Labute approximate surface area is 304 Å². The summed E-state index contributed by atoms with van der Waals surface area (Å²) in [6, 6.07) is 6.69. The van der Waals surface area contributed by atoms with E-state index in [-0.39, 0.29) is 56.4 Å². The van der Waals surface area contributed by atoms with Crippen molar-refractivity contribution in [2.24, 2.45) is 11.8 Å². The van der Waals surface area contributed by atoms with Gasteiger partial charge in [0.15, 0.2) is 5.82 Å². The molecule has 0 spiro atoms. The van der Waals surface area contributed by atoms with Crippen molar-refractivity contribution >= 4 is 35.4 Å². The number of nitrogens with zero attached hydrogens (tertiary/aromatic N) is 5. The minimum Gasteiger partial charge on any atom is -0.372 e. The van der Waals surface area contributed by atoms with Crippen LogP contribution in [0.5, 0.6) is 0 Å². The van der Waals surface area contributed by atoms with Gasteiger partial charge in [0.1, 0.15) is 31.1 Å². The Kier molecular flexibility index (Phi) is 14.7. The van der Waals surface area contributed by atoms with E-state index in [4.69, 9.17) is 4.74 Å². The van der Waals surface area contributed by atoms with E-state index in [0.717, 1.165) is 5.56 Å². The first-order chi connectivity index (χ1) is 24.9. The Morgan fingerprint density at radius 1 is 0.885 bits per heavy atom. The lowest BCUT2D eigenvalue weighted by Crippen LogP contribution is -2.55. The maximum absolute atomic E-state index is 13.8. The van der Waals surface area contributed by atoms with Gasteiger partial charge in [0.05, 0.1) is 12.6 Å². The number of nitrogens with one attached hydrogen (secondary N) is 4. The second kappa shape index (κ2) is 19.1. The summed E-state index contributed by atoms with van der Waals surface area (Å²) in [5.74, 6) is -1.84. The van der Waals surface area contributed by atoms with E-state index in [0.29, 0.717) is 57.0 Å². The van der Waals surface area contributed by atoms with Gasteiger partial charge in [-0.05, 0) is 52.4 Å². The Bertz CT molecular complexity index is 1560. The molecule has 6 amide bonds. The highest BCUT2D eigenvalue weighted by atomic mass is 16.5. The maximum atomic E-state index is 13.8. The Balaban J connectivity index is 1.55. The molecular weight excluding hydrogens is 670 g/mol. The predicted molar refractivity (Wildman–Crippen MR) is 191 cm³/mol. The average Bonchev–Trinajstić information content (AvgIpc) is 3.54. The van der Waals surface area contributed by atoms with Crippen molar-refractivity contribution in [3.63, 3.8) is 0 Å². The quantitative estimate of drug-likeness (QED) is 0.319. The van der Waals surface area contributed by atoms with Crippen LogP contribution in [0.25, 0.3) is 11.4 Å². The first-order valence-electron chi connectivity index (χ1n) is 18.2. The minimum absolute atomic E-state index is 0.00673. The second-order valence-corrected chi connectivity index (χ2v) is 13.8. The summed E-state index contributed by atoms with van der Waals surface area (Å²) in [5, 5.41) is 15.9. The van der Waals surface area contributed by atoms with Gasteiger partial charge in [-0.2, -0.15) is 5.10 Å². The summed E-state index contributed by atoms with van der Waals surface area (Å²) < 4.78 is 6.70. The van der Waals surface area contributed by atoms with E-state index in [1.54, 1.807) is 11.8 Å². The molecule has 2 aliphatic heterocycles. The summed E-state index contributed by atoms with van der Waals surface area (Å²) in [7, 11) is 0. The molecule has 0 aliphatic carbocycles. The van der Waals surface area contributed by atoms with Crippen LogP contribution in [0.4, 0.5) is 0 Å². The van der Waals surface area contributed by atoms with Gasteiger partial charge < -0.3 is 35.8 Å². The molecule has 0 saturated carbocycles. The molecule has 1 fully saturated rings. The van der Waals surface area contributed by atoms with Crippen molar-refractivity contribution in [3.05, 3.63) is 36.2 Å². The van der Waals surface area contributed by atoms with Crippen LogP contribution in [0.1, 0.15) is 72.2 Å². The van der Waals surface area contributed by atoms with E-state index < -0.39 is 41.8 Å². The van der Waals surface area contributed by atoms with E-state index >= 15 is 0 Å². The fourth-order valence-electron chi connectivity index (χ4n) is 6.28. The van der Waals surface area contributed by atoms with Gasteiger partial charge in [-0.15, -0.1) is 0 Å². The van der Waals surface area contributed by atoms with Crippen LogP contribution in [-0.2, 0) is 40.0 Å². The number of benzene rings is 1. The first-order valence-corrected chi connectivity index (χ1v) is 18.2. The zero-order valence-electron chi connectivity index (χ0n) is 30.9. The molecule has 2 aromatic rings. The molecule has 3 atom stereocenters. The van der Waals surface area contributed by atoms with E-state index in [2.05, 4.69) is 31.3 Å². The highest BCUT2D eigenvalue weighted by molar-refractivity contribution is 5.93. The maximum Gasteiger partial charge on any atom is 0.248 e. The second-order valence-electron chi connectivity index (χ2n) is 13.8. The number of hydrogen-bond donors (Lipinski definition) is 4. The van der Waals surface area contributed by atoms with Gasteiger partial charge in [-0.1, -0.05) is 44.2 Å². The number of rotatable bonds is 7. The van der Waals surface area contributed by atoms with Crippen LogP contribution >= 0.6 is 0 Å². The normalized spacial score (nSPS) is 21.9. The Morgan fingerprint density at radius 3 is 2.27 bits per heavy atom. The van der Waals surface area contributed by atoms with Gasteiger partial charge in [-0.3, -0.25) is 28.8 Å². The summed E-state index contributed by atoms with van der Waals surface area (Å²) in [6.07, 6.45) is 1.56. The van der Waals surface area contributed by atoms with Crippen molar-refractivity contribution in [1.82, 2.24) is 45.8 Å². The van der Waals surface area contributed by atoms with Crippen molar-refractivity contribution in [1.29, 1.82) is 0 Å². The highest BCUT2D eigenvalue weighted by Gasteiger charge is 2.32. The molecule has 4 rings (SSSR count). The van der Waals surface area contributed by atoms with Crippen LogP contribution in [0.2, 0.25) is 0 Å². The SMILES string of the molecule is CCOCC(=O)N1CCC(C(=O)N2CCCNC(=O)Cn3nc(-c4ccccc4)nc3[C@H](C)NC(=O)[C@@H](CC(C)C)NC(=O)[C@@H](C)NC(=O)C2)CC1. The van der Waals surface area contributed by atoms with Gasteiger partial charge in [0, 0.05) is 44.3 Å². The molecule has 1 aromatic carbocycles. The average molecular weight is 724 g/mol. The molecule has 0 unspecified atom stereocenters. The van der Waals surface area contributed by atoms with Crippen LogP contribution in [0.15, 0.2) is 30.3 Å². The monoisotopic (exact) mass is 723 g/mol. The lowest BCUT2D eigenvalue weighted by atomic mass is 9.95. The van der Waals surface area contributed by atoms with Gasteiger partial charge in [0.25, 0.3) is 0 Å². The minimum atomic E-state index is -0.998. The van der Waals surface area contributed by atoms with E-state index in [1.807, 2.05) is 51.1 Å². The molecular formula is C36H53N9O7. The number of amides is 6. The molecule has 2 aliphatic rings. The number of hydrogen-bond acceptors (Lipinski definition) is 9. The fourth-order valence-corrected chi connectivity index (χ4v) is 6.28. The van der Waals surface area contributed by atoms with E-state index in [1.165, 1.54) is 16.5 Å². The van der Waals surface area contributed by atoms with Crippen molar-refractivity contribution in [2.75, 3.05) is 45.9 Å². The standard InChI is InChI=1S/C36H53N9O7/c1-6-52-22-31(48)43-17-13-27(14-18-43)36(51)44-16-10-15-37-29(46)21-45-33(41-32(42-45)26-11-8-7-9-12-26)24(4)39-35(50)28(19-23(2)3)40-34(49)25(5)38-30(47)20-44/h7-9,11-12,23-25,27-28H,6,10,13-22H2,1-5H3,(H,37,46)(H,38,47)(H,39,50)(H,40,49)/t24-,25+,28+/m0/s1. The van der Waals surface area contributed by atoms with Crippen molar-refractivity contribution in [2.45, 2.75) is 85.0 Å². The third-order valence-corrected chi connectivity index (χ3v) is 9.08. The molecule has 16 heteroatoms. The summed E-state index contributed by atoms with van der Waals surface area (Å²) in [4.78, 5) is 87.4. The van der Waals surface area contributed by atoms with Crippen LogP contribution < -0.4 is 21.3 Å². The van der Waals surface area contributed by atoms with Crippen LogP contribution in [0.3, 0.4) is 0 Å². The third-order valence-electron chi connectivity index (χ3n) is 9.08. The predicted octanol–water partition coefficient (Wildman–Crippen LogP) is 0.782. The third kappa shape index (κ3) is 11.3. The molecule has 0 radical (unpaired) electrons. The summed E-state index contributed by atoms with van der Waals surface area (Å²) in [6.45, 7) is 10.1. The molecule has 284 valence electrons. The van der Waals surface area contributed by atoms with E-state index in [9.17, 15) is 28.8 Å². The molecule has 1 saturated heterocycles. The zero-order chi connectivity index (χ0) is 37.8. The van der Waals surface area contributed by atoms with Gasteiger partial charge >= 0.3 is 0 Å². The smallest absolute Gasteiger partial charge is 0.248 e. The molecule has 4 N–H and O–H groups in total. The number of aromatic nitrogens is 3. The fraction of sp³-hybridized carbons (Fsp3) is 0.611. The number of likely N-dealkylation sites (tertiary alicyclic amines) is 1. The van der Waals surface area contributed by atoms with Gasteiger partial charge in [-0.25, -0.2) is 9.67 Å².